The Labute approximate surface area is 115 Å². The lowest BCUT2D eigenvalue weighted by atomic mass is 9.61. The normalized spacial score (nSPS) is 20.5. The van der Waals surface area contributed by atoms with E-state index < -0.39 is 0 Å². The summed E-state index contributed by atoms with van der Waals surface area (Å²) in [5.41, 5.74) is 1.36. The summed E-state index contributed by atoms with van der Waals surface area (Å²) in [7, 11) is 0. The van der Waals surface area contributed by atoms with E-state index in [1.54, 1.807) is 12.1 Å². The summed E-state index contributed by atoms with van der Waals surface area (Å²) in [6, 6.07) is 7.60. The van der Waals surface area contributed by atoms with Gasteiger partial charge in [-0.3, -0.25) is 4.79 Å². The lowest BCUT2D eigenvalue weighted by Gasteiger charge is -2.43. The molecular formula is C17H24O2. The van der Waals surface area contributed by atoms with Crippen LogP contribution in [0.25, 0.3) is 0 Å². The van der Waals surface area contributed by atoms with Crippen LogP contribution in [-0.4, -0.2) is 10.9 Å². The third-order valence-corrected chi connectivity index (χ3v) is 5.08. The number of aromatic hydroxyl groups is 1. The average Bonchev–Trinajstić information content (AvgIpc) is 2.39. The van der Waals surface area contributed by atoms with Crippen LogP contribution in [0.1, 0.15) is 52.0 Å². The third kappa shape index (κ3) is 2.68. The molecule has 1 saturated carbocycles. The maximum absolute atomic E-state index is 11.5. The predicted molar refractivity (Wildman–Crippen MR) is 77.3 cm³/mol. The Hall–Kier alpha value is -1.31. The second-order valence-electron chi connectivity index (χ2n) is 6.30. The zero-order chi connectivity index (χ0) is 14.0. The van der Waals surface area contributed by atoms with Crippen LogP contribution in [0.3, 0.4) is 0 Å². The van der Waals surface area contributed by atoms with E-state index in [1.165, 1.54) is 5.56 Å². The average molecular weight is 260 g/mol. The zero-order valence-electron chi connectivity index (χ0n) is 12.1. The van der Waals surface area contributed by atoms with Gasteiger partial charge in [0, 0.05) is 12.8 Å². The highest BCUT2D eigenvalue weighted by atomic mass is 16.3. The molecule has 1 aliphatic carbocycles. The van der Waals surface area contributed by atoms with Crippen LogP contribution in [0.15, 0.2) is 24.3 Å². The molecule has 0 saturated heterocycles. The summed E-state index contributed by atoms with van der Waals surface area (Å²) >= 11 is 0. The van der Waals surface area contributed by atoms with Gasteiger partial charge in [0.25, 0.3) is 0 Å². The molecule has 0 aliphatic heterocycles. The number of carbonyl (C=O) groups is 1. The minimum Gasteiger partial charge on any atom is -0.508 e. The maximum atomic E-state index is 11.5. The van der Waals surface area contributed by atoms with Gasteiger partial charge in [0.15, 0.2) is 0 Å². The summed E-state index contributed by atoms with van der Waals surface area (Å²) in [4.78, 5) is 11.5. The second-order valence-corrected chi connectivity index (χ2v) is 6.30. The summed E-state index contributed by atoms with van der Waals surface area (Å²) in [5, 5.41) is 9.46. The molecule has 104 valence electrons. The van der Waals surface area contributed by atoms with Gasteiger partial charge in [-0.1, -0.05) is 32.9 Å². The van der Waals surface area contributed by atoms with E-state index in [0.717, 1.165) is 25.7 Å². The largest absolute Gasteiger partial charge is 0.508 e. The summed E-state index contributed by atoms with van der Waals surface area (Å²) in [6.45, 7) is 6.82. The molecule has 2 heteroatoms. The van der Waals surface area contributed by atoms with Crippen molar-refractivity contribution in [1.29, 1.82) is 0 Å². The Balaban J connectivity index is 2.32. The van der Waals surface area contributed by atoms with E-state index >= 15 is 0 Å². The first-order valence-corrected chi connectivity index (χ1v) is 7.25. The molecule has 1 aromatic carbocycles. The second kappa shape index (κ2) is 5.36. The Kier molecular flexibility index (Phi) is 3.98. The minimum atomic E-state index is 0.0778. The Bertz CT molecular complexity index is 437. The lowest BCUT2D eigenvalue weighted by Crippen LogP contribution is -2.39. The van der Waals surface area contributed by atoms with Crippen molar-refractivity contribution in [3.8, 4) is 5.75 Å². The molecule has 1 N–H and O–H groups in total. The maximum Gasteiger partial charge on any atom is 0.132 e. The van der Waals surface area contributed by atoms with Crippen molar-refractivity contribution in [1.82, 2.24) is 0 Å². The van der Waals surface area contributed by atoms with Crippen molar-refractivity contribution in [2.45, 2.75) is 51.9 Å². The first-order chi connectivity index (χ1) is 8.94. The van der Waals surface area contributed by atoms with Crippen molar-refractivity contribution in [3.05, 3.63) is 29.8 Å². The van der Waals surface area contributed by atoms with Gasteiger partial charge < -0.3 is 5.11 Å². The van der Waals surface area contributed by atoms with Crippen LogP contribution in [0, 0.1) is 11.8 Å². The van der Waals surface area contributed by atoms with E-state index in [1.807, 2.05) is 12.1 Å². The molecule has 1 atom stereocenters. The highest BCUT2D eigenvalue weighted by molar-refractivity contribution is 5.79. The molecule has 1 aliphatic rings. The summed E-state index contributed by atoms with van der Waals surface area (Å²) in [5.74, 6) is 1.78. The fourth-order valence-electron chi connectivity index (χ4n) is 3.40. The van der Waals surface area contributed by atoms with Crippen LogP contribution >= 0.6 is 0 Å². The molecule has 0 aromatic heterocycles. The number of phenolic OH excluding ortho intramolecular Hbond substituents is 1. The predicted octanol–water partition coefficient (Wildman–Crippen LogP) is 4.07. The molecule has 1 fully saturated rings. The van der Waals surface area contributed by atoms with E-state index in [-0.39, 0.29) is 5.41 Å². The van der Waals surface area contributed by atoms with E-state index in [0.29, 0.717) is 23.4 Å². The first-order valence-electron chi connectivity index (χ1n) is 7.25. The van der Waals surface area contributed by atoms with Gasteiger partial charge in [0.05, 0.1) is 0 Å². The highest BCUT2D eigenvalue weighted by Gasteiger charge is 2.40. The zero-order valence-corrected chi connectivity index (χ0v) is 12.1. The molecule has 0 spiro atoms. The molecular weight excluding hydrogens is 236 g/mol. The summed E-state index contributed by atoms with van der Waals surface area (Å²) in [6.07, 6.45) is 3.44. The molecule has 2 rings (SSSR count). The molecule has 19 heavy (non-hydrogen) atoms. The Morgan fingerprint density at radius 3 is 2.16 bits per heavy atom. The fraction of sp³-hybridized carbons (Fsp3) is 0.588. The van der Waals surface area contributed by atoms with E-state index in [9.17, 15) is 9.90 Å². The number of ketones is 1. The smallest absolute Gasteiger partial charge is 0.132 e. The molecule has 0 radical (unpaired) electrons. The Morgan fingerprint density at radius 1 is 1.16 bits per heavy atom. The number of benzene rings is 1. The highest BCUT2D eigenvalue weighted by Crippen LogP contribution is 2.45. The molecule has 0 heterocycles. The molecule has 1 unspecified atom stereocenters. The van der Waals surface area contributed by atoms with Crippen molar-refractivity contribution >= 4 is 5.78 Å². The lowest BCUT2D eigenvalue weighted by molar-refractivity contribution is -0.121. The SMILES string of the molecule is CC(C)C(C)(c1ccc(O)cc1)C1CCC(=O)CC1. The number of phenols is 1. The minimum absolute atomic E-state index is 0.0778. The van der Waals surface area contributed by atoms with Crippen molar-refractivity contribution in [2.24, 2.45) is 11.8 Å². The topological polar surface area (TPSA) is 37.3 Å². The number of hydrogen-bond acceptors (Lipinski definition) is 2. The van der Waals surface area contributed by atoms with Gasteiger partial charge in [-0.15, -0.1) is 0 Å². The monoisotopic (exact) mass is 260 g/mol. The van der Waals surface area contributed by atoms with Crippen LogP contribution in [-0.2, 0) is 10.2 Å². The number of hydrogen-bond donors (Lipinski definition) is 1. The van der Waals surface area contributed by atoms with Crippen molar-refractivity contribution < 1.29 is 9.90 Å². The summed E-state index contributed by atoms with van der Waals surface area (Å²) < 4.78 is 0. The fourth-order valence-corrected chi connectivity index (χ4v) is 3.40. The van der Waals surface area contributed by atoms with Gasteiger partial charge in [-0.25, -0.2) is 0 Å². The first kappa shape index (κ1) is 14.1. The Morgan fingerprint density at radius 2 is 1.68 bits per heavy atom. The van der Waals surface area contributed by atoms with E-state index in [2.05, 4.69) is 20.8 Å². The van der Waals surface area contributed by atoms with Crippen molar-refractivity contribution in [3.63, 3.8) is 0 Å². The van der Waals surface area contributed by atoms with E-state index in [4.69, 9.17) is 0 Å². The van der Waals surface area contributed by atoms with Crippen molar-refractivity contribution in [2.75, 3.05) is 0 Å². The van der Waals surface area contributed by atoms with Gasteiger partial charge in [-0.05, 0) is 47.8 Å². The number of rotatable bonds is 3. The van der Waals surface area contributed by atoms with Crippen LogP contribution in [0.2, 0.25) is 0 Å². The number of carbonyl (C=O) groups excluding carboxylic acids is 1. The quantitative estimate of drug-likeness (QED) is 0.889. The molecule has 2 nitrogen and oxygen atoms in total. The van der Waals surface area contributed by atoms with Gasteiger partial charge in [0.2, 0.25) is 0 Å². The molecule has 0 bridgehead atoms. The molecule has 1 aromatic rings. The standard InChI is InChI=1S/C17H24O2/c1-12(2)17(3,13-4-8-15(18)9-5-13)14-6-10-16(19)11-7-14/h4-5,8-9,12,14,18H,6-7,10-11H2,1-3H3. The third-order valence-electron chi connectivity index (χ3n) is 5.08. The van der Waals surface area contributed by atoms with Gasteiger partial charge in [0.1, 0.15) is 11.5 Å². The van der Waals surface area contributed by atoms with Crippen LogP contribution < -0.4 is 0 Å². The number of Topliss-reactive ketones (excluding diaryl/α,β-unsaturated/α-hetero) is 1. The van der Waals surface area contributed by atoms with Gasteiger partial charge >= 0.3 is 0 Å². The molecule has 0 amide bonds. The van der Waals surface area contributed by atoms with Gasteiger partial charge in [-0.2, -0.15) is 0 Å². The van der Waals surface area contributed by atoms with Crippen LogP contribution in [0.4, 0.5) is 0 Å². The van der Waals surface area contributed by atoms with Crippen LogP contribution in [0.5, 0.6) is 5.75 Å².